The number of hydrogen-bond donors (Lipinski definition) is 1. The zero-order valence-corrected chi connectivity index (χ0v) is 16.2. The van der Waals surface area contributed by atoms with Crippen LogP contribution in [0, 0.1) is 10.1 Å². The monoisotopic (exact) mass is 438 g/mol. The zero-order chi connectivity index (χ0) is 18.8. The molecule has 0 bridgehead atoms. The Bertz CT molecular complexity index is 922. The molecule has 0 atom stereocenters. The Hall–Kier alpha value is -2.26. The first-order valence-corrected chi connectivity index (χ1v) is 9.47. The topological polar surface area (TPSA) is 102 Å². The number of esters is 1. The van der Waals surface area contributed by atoms with E-state index in [-0.39, 0.29) is 21.5 Å². The van der Waals surface area contributed by atoms with E-state index in [2.05, 4.69) is 20.9 Å². The van der Waals surface area contributed by atoms with E-state index >= 15 is 0 Å². The first-order chi connectivity index (χ1) is 12.4. The van der Waals surface area contributed by atoms with E-state index < -0.39 is 10.9 Å². The number of halogens is 1. The van der Waals surface area contributed by atoms with E-state index in [4.69, 9.17) is 4.74 Å². The van der Waals surface area contributed by atoms with Gasteiger partial charge in [-0.1, -0.05) is 0 Å². The maximum Gasteiger partial charge on any atom is 0.341 e. The van der Waals surface area contributed by atoms with Gasteiger partial charge in [0, 0.05) is 28.8 Å². The molecule has 3 rings (SSSR count). The fraction of sp³-hybridized carbons (Fsp3) is 0.294. The minimum atomic E-state index is -0.550. The third kappa shape index (κ3) is 3.49. The van der Waals surface area contributed by atoms with Crippen molar-refractivity contribution in [1.29, 1.82) is 0 Å². The van der Waals surface area contributed by atoms with Crippen LogP contribution < -0.4 is 0 Å². The lowest BCUT2D eigenvalue weighted by Crippen LogP contribution is -2.07. The summed E-state index contributed by atoms with van der Waals surface area (Å²) < 4.78 is 5.10. The Balaban J connectivity index is 2.05. The zero-order valence-electron chi connectivity index (χ0n) is 13.8. The molecule has 0 saturated carbocycles. The molecule has 0 unspecified atom stereocenters. The Kier molecular flexibility index (Phi) is 5.38. The molecule has 1 N–H and O–H groups in total. The number of carbonyl (C=O) groups is 1. The lowest BCUT2D eigenvalue weighted by Gasteiger charge is -2.11. The van der Waals surface area contributed by atoms with Gasteiger partial charge in [0.1, 0.15) is 10.8 Å². The molecule has 7 nitrogen and oxygen atoms in total. The number of hydrogen-bond acceptors (Lipinski definition) is 7. The molecule has 0 aliphatic heterocycles. The summed E-state index contributed by atoms with van der Waals surface area (Å²) >= 11 is 4.52. The molecule has 1 aliphatic carbocycles. The summed E-state index contributed by atoms with van der Waals surface area (Å²) in [5.41, 5.74) is 1.44. The van der Waals surface area contributed by atoms with E-state index in [1.807, 2.05) is 0 Å². The number of nitro groups is 1. The number of benzene rings is 1. The molecule has 1 aliphatic rings. The van der Waals surface area contributed by atoms with Crippen molar-refractivity contribution < 1.29 is 19.6 Å². The van der Waals surface area contributed by atoms with Gasteiger partial charge in [-0.2, -0.15) is 0 Å². The lowest BCUT2D eigenvalue weighted by atomic mass is 9.95. The molecule has 0 radical (unpaired) electrons. The summed E-state index contributed by atoms with van der Waals surface area (Å²) in [7, 11) is 1.33. The molecular weight excluding hydrogens is 424 g/mol. The van der Waals surface area contributed by atoms with Gasteiger partial charge in [0.15, 0.2) is 0 Å². The van der Waals surface area contributed by atoms with Crippen molar-refractivity contribution in [3.05, 3.63) is 48.3 Å². The van der Waals surface area contributed by atoms with Gasteiger partial charge >= 0.3 is 5.97 Å². The van der Waals surface area contributed by atoms with Gasteiger partial charge in [-0.15, -0.1) is 11.3 Å². The number of methoxy groups -OCH3 is 1. The van der Waals surface area contributed by atoms with Crippen LogP contribution in [0.2, 0.25) is 0 Å². The average molecular weight is 439 g/mol. The number of nitro benzene ring substituents is 1. The average Bonchev–Trinajstić information content (AvgIpc) is 3.00. The minimum Gasteiger partial charge on any atom is -0.506 e. The van der Waals surface area contributed by atoms with E-state index in [0.717, 1.165) is 36.1 Å². The number of rotatable bonds is 4. The molecule has 0 fully saturated rings. The van der Waals surface area contributed by atoms with Crippen molar-refractivity contribution in [3.8, 4) is 5.75 Å². The molecule has 0 saturated heterocycles. The highest BCUT2D eigenvalue weighted by atomic mass is 79.9. The summed E-state index contributed by atoms with van der Waals surface area (Å²) in [6, 6.07) is 2.45. The first-order valence-electron chi connectivity index (χ1n) is 7.86. The number of aromatic hydroxyl groups is 1. The SMILES string of the molecule is COC(=O)c1c(/N=C/c2cc([N+](=O)[O-])cc(Br)c2O)sc2c1CCCC2. The normalized spacial score (nSPS) is 13.6. The number of phenols is 1. The fourth-order valence-corrected chi connectivity index (χ4v) is 4.58. The second-order valence-corrected chi connectivity index (χ2v) is 7.70. The van der Waals surface area contributed by atoms with Crippen LogP contribution in [-0.2, 0) is 17.6 Å². The van der Waals surface area contributed by atoms with Crippen molar-refractivity contribution in [2.75, 3.05) is 7.11 Å². The summed E-state index contributed by atoms with van der Waals surface area (Å²) in [5.74, 6) is -0.596. The second-order valence-electron chi connectivity index (χ2n) is 5.76. The molecule has 26 heavy (non-hydrogen) atoms. The van der Waals surface area contributed by atoms with Gasteiger partial charge < -0.3 is 9.84 Å². The maximum atomic E-state index is 12.2. The summed E-state index contributed by atoms with van der Waals surface area (Å²) in [5, 5.41) is 21.6. The minimum absolute atomic E-state index is 0.153. The molecular formula is C17H15BrN2O5S. The number of non-ortho nitro benzene ring substituents is 1. The van der Waals surface area contributed by atoms with E-state index in [1.54, 1.807) is 0 Å². The third-order valence-electron chi connectivity index (χ3n) is 4.15. The van der Waals surface area contributed by atoms with Crippen molar-refractivity contribution in [1.82, 2.24) is 0 Å². The van der Waals surface area contributed by atoms with Crippen LogP contribution in [0.25, 0.3) is 0 Å². The summed E-state index contributed by atoms with van der Waals surface area (Å²) in [6.45, 7) is 0. The highest BCUT2D eigenvalue weighted by molar-refractivity contribution is 9.10. The first kappa shape index (κ1) is 18.5. The van der Waals surface area contributed by atoms with Crippen molar-refractivity contribution >= 4 is 50.1 Å². The van der Waals surface area contributed by atoms with Crippen LogP contribution in [0.5, 0.6) is 5.75 Å². The smallest absolute Gasteiger partial charge is 0.341 e. The van der Waals surface area contributed by atoms with E-state index in [9.17, 15) is 20.0 Å². The van der Waals surface area contributed by atoms with Crippen LogP contribution in [0.1, 0.15) is 39.2 Å². The highest BCUT2D eigenvalue weighted by Gasteiger charge is 2.25. The van der Waals surface area contributed by atoms with Gasteiger partial charge in [-0.25, -0.2) is 9.79 Å². The van der Waals surface area contributed by atoms with Crippen molar-refractivity contribution in [3.63, 3.8) is 0 Å². The third-order valence-corrected chi connectivity index (χ3v) is 5.96. The predicted octanol–water partition coefficient (Wildman–Crippen LogP) is 4.54. The van der Waals surface area contributed by atoms with E-state index in [1.165, 1.54) is 36.8 Å². The molecule has 136 valence electrons. The fourth-order valence-electron chi connectivity index (χ4n) is 2.89. The number of aryl methyl sites for hydroxylation is 1. The molecule has 2 aromatic rings. The van der Waals surface area contributed by atoms with Gasteiger partial charge in [0.2, 0.25) is 0 Å². The number of ether oxygens (including phenoxy) is 1. The molecule has 1 aromatic carbocycles. The van der Waals surface area contributed by atoms with Crippen LogP contribution >= 0.6 is 27.3 Å². The Labute approximate surface area is 161 Å². The number of fused-ring (bicyclic) bond motifs is 1. The second kappa shape index (κ2) is 7.55. The molecule has 0 amide bonds. The van der Waals surface area contributed by atoms with E-state index in [0.29, 0.717) is 10.6 Å². The number of aliphatic imine (C=N–C) groups is 1. The maximum absolute atomic E-state index is 12.2. The predicted molar refractivity (Wildman–Crippen MR) is 102 cm³/mol. The van der Waals surface area contributed by atoms with Crippen molar-refractivity contribution in [2.24, 2.45) is 4.99 Å². The van der Waals surface area contributed by atoms with Gasteiger partial charge in [0.25, 0.3) is 5.69 Å². The molecule has 9 heteroatoms. The highest BCUT2D eigenvalue weighted by Crippen LogP contribution is 2.40. The largest absolute Gasteiger partial charge is 0.506 e. The number of thiophene rings is 1. The van der Waals surface area contributed by atoms with Gasteiger partial charge in [-0.3, -0.25) is 10.1 Å². The molecule has 0 spiro atoms. The molecule has 1 aromatic heterocycles. The standard InChI is InChI=1S/C17H15BrN2O5S/c1-25-17(22)14-11-4-2-3-5-13(11)26-16(14)19-8-9-6-10(20(23)24)7-12(18)15(9)21/h6-8,21H,2-5H2,1H3/b19-8+. The van der Waals surface area contributed by atoms with Crippen molar-refractivity contribution in [2.45, 2.75) is 25.7 Å². The number of carbonyl (C=O) groups excluding carboxylic acids is 1. The quantitative estimate of drug-likeness (QED) is 0.326. The van der Waals surface area contributed by atoms with Gasteiger partial charge in [0.05, 0.1) is 22.1 Å². The summed E-state index contributed by atoms with van der Waals surface area (Å²) in [6.07, 6.45) is 5.11. The Morgan fingerprint density at radius 1 is 1.42 bits per heavy atom. The van der Waals surface area contributed by atoms with Crippen LogP contribution in [0.3, 0.4) is 0 Å². The summed E-state index contributed by atoms with van der Waals surface area (Å²) in [4.78, 5) is 28.1. The molecule has 1 heterocycles. The number of phenolic OH excluding ortho intramolecular Hbond substituents is 1. The lowest BCUT2D eigenvalue weighted by molar-refractivity contribution is -0.385. The number of nitrogens with zero attached hydrogens (tertiary/aromatic N) is 2. The Morgan fingerprint density at radius 3 is 2.85 bits per heavy atom. The Morgan fingerprint density at radius 2 is 2.15 bits per heavy atom. The van der Waals surface area contributed by atoms with Crippen LogP contribution in [0.4, 0.5) is 10.7 Å². The van der Waals surface area contributed by atoms with Gasteiger partial charge in [-0.05, 0) is 47.2 Å². The van der Waals surface area contributed by atoms with Crippen LogP contribution in [0.15, 0.2) is 21.6 Å². The van der Waals surface area contributed by atoms with Crippen LogP contribution in [-0.4, -0.2) is 29.3 Å².